The third kappa shape index (κ3) is 1.39. The number of hydrogen-bond donors (Lipinski definition) is 2. The minimum absolute atomic E-state index is 0.635. The zero-order valence-corrected chi connectivity index (χ0v) is 6.12. The SMILES string of the molecule is C[C@H]1CNCC[C@@H]1S. The van der Waals surface area contributed by atoms with Gasteiger partial charge >= 0.3 is 0 Å². The van der Waals surface area contributed by atoms with Crippen molar-refractivity contribution in [3.05, 3.63) is 0 Å². The Labute approximate surface area is 56.3 Å². The van der Waals surface area contributed by atoms with Gasteiger partial charge in [0.05, 0.1) is 0 Å². The molecule has 0 amide bonds. The van der Waals surface area contributed by atoms with Crippen molar-refractivity contribution in [2.24, 2.45) is 5.92 Å². The van der Waals surface area contributed by atoms with Gasteiger partial charge < -0.3 is 5.32 Å². The van der Waals surface area contributed by atoms with Crippen LogP contribution < -0.4 is 5.32 Å². The lowest BCUT2D eigenvalue weighted by Gasteiger charge is -2.24. The van der Waals surface area contributed by atoms with Crippen LogP contribution in [0.5, 0.6) is 0 Å². The lowest BCUT2D eigenvalue weighted by molar-refractivity contribution is 0.419. The summed E-state index contributed by atoms with van der Waals surface area (Å²) in [4.78, 5) is 0. The molecule has 1 fully saturated rings. The molecule has 2 heteroatoms. The quantitative estimate of drug-likeness (QED) is 0.466. The summed E-state index contributed by atoms with van der Waals surface area (Å²) >= 11 is 4.42. The molecular formula is C6H13NS. The molecule has 8 heavy (non-hydrogen) atoms. The fraction of sp³-hybridized carbons (Fsp3) is 1.00. The smallest absolute Gasteiger partial charge is 0.00666 e. The average molecular weight is 131 g/mol. The zero-order chi connectivity index (χ0) is 5.98. The normalized spacial score (nSPS) is 39.8. The molecule has 1 aliphatic heterocycles. The second-order valence-corrected chi connectivity index (χ2v) is 3.20. The van der Waals surface area contributed by atoms with Crippen molar-refractivity contribution < 1.29 is 0 Å². The highest BCUT2D eigenvalue weighted by Gasteiger charge is 2.15. The van der Waals surface area contributed by atoms with Crippen LogP contribution in [-0.4, -0.2) is 18.3 Å². The zero-order valence-electron chi connectivity index (χ0n) is 5.22. The number of nitrogens with one attached hydrogen (secondary N) is 1. The fourth-order valence-corrected chi connectivity index (χ4v) is 1.23. The molecule has 1 heterocycles. The largest absolute Gasteiger partial charge is 0.316 e. The summed E-state index contributed by atoms with van der Waals surface area (Å²) in [6.07, 6.45) is 1.23. The van der Waals surface area contributed by atoms with Crippen LogP contribution in [0, 0.1) is 5.92 Å². The van der Waals surface area contributed by atoms with Gasteiger partial charge in [0.15, 0.2) is 0 Å². The van der Waals surface area contributed by atoms with Crippen LogP contribution in [0.4, 0.5) is 0 Å². The first-order valence-corrected chi connectivity index (χ1v) is 3.71. The van der Waals surface area contributed by atoms with Crippen molar-refractivity contribution in [3.63, 3.8) is 0 Å². The van der Waals surface area contributed by atoms with Crippen LogP contribution in [0.2, 0.25) is 0 Å². The third-order valence-electron chi connectivity index (χ3n) is 1.74. The first kappa shape index (κ1) is 6.43. The number of thiol groups is 1. The molecule has 0 aromatic heterocycles. The summed E-state index contributed by atoms with van der Waals surface area (Å²) in [5.41, 5.74) is 0. The van der Waals surface area contributed by atoms with E-state index in [1.54, 1.807) is 0 Å². The van der Waals surface area contributed by atoms with Crippen LogP contribution in [0.25, 0.3) is 0 Å². The van der Waals surface area contributed by atoms with E-state index < -0.39 is 0 Å². The van der Waals surface area contributed by atoms with Gasteiger partial charge in [-0.05, 0) is 25.4 Å². The molecule has 0 bridgehead atoms. The second kappa shape index (κ2) is 2.74. The fourth-order valence-electron chi connectivity index (χ4n) is 1.00. The molecule has 0 aromatic carbocycles. The van der Waals surface area contributed by atoms with E-state index in [9.17, 15) is 0 Å². The summed E-state index contributed by atoms with van der Waals surface area (Å²) in [7, 11) is 0. The first-order valence-electron chi connectivity index (χ1n) is 3.19. The van der Waals surface area contributed by atoms with Gasteiger partial charge in [0.1, 0.15) is 0 Å². The van der Waals surface area contributed by atoms with Gasteiger partial charge in [-0.3, -0.25) is 0 Å². The Kier molecular flexibility index (Phi) is 2.20. The Morgan fingerprint density at radius 1 is 1.62 bits per heavy atom. The Balaban J connectivity index is 2.28. The highest BCUT2D eigenvalue weighted by Crippen LogP contribution is 2.15. The predicted molar refractivity (Wildman–Crippen MR) is 39.4 cm³/mol. The summed E-state index contributed by atoms with van der Waals surface area (Å²) in [6, 6.07) is 0. The van der Waals surface area contributed by atoms with Crippen molar-refractivity contribution in [3.8, 4) is 0 Å². The maximum atomic E-state index is 4.42. The number of piperidine rings is 1. The molecule has 0 saturated carbocycles. The maximum Gasteiger partial charge on any atom is 0.00666 e. The minimum Gasteiger partial charge on any atom is -0.316 e. The van der Waals surface area contributed by atoms with Gasteiger partial charge in [0, 0.05) is 5.25 Å². The van der Waals surface area contributed by atoms with Crippen LogP contribution in [0.3, 0.4) is 0 Å². The predicted octanol–water partition coefficient (Wildman–Crippen LogP) is 0.914. The van der Waals surface area contributed by atoms with Crippen molar-refractivity contribution in [2.45, 2.75) is 18.6 Å². The Hall–Kier alpha value is 0.310. The molecule has 0 spiro atoms. The highest BCUT2D eigenvalue weighted by atomic mass is 32.1. The van der Waals surface area contributed by atoms with Crippen LogP contribution >= 0.6 is 12.6 Å². The van der Waals surface area contributed by atoms with E-state index in [0.717, 1.165) is 19.0 Å². The molecule has 48 valence electrons. The van der Waals surface area contributed by atoms with E-state index in [4.69, 9.17) is 0 Å². The van der Waals surface area contributed by atoms with Crippen molar-refractivity contribution in [1.29, 1.82) is 0 Å². The van der Waals surface area contributed by atoms with Crippen molar-refractivity contribution >= 4 is 12.6 Å². The van der Waals surface area contributed by atoms with Crippen LogP contribution in [0.15, 0.2) is 0 Å². The Morgan fingerprint density at radius 2 is 2.38 bits per heavy atom. The molecule has 1 nitrogen and oxygen atoms in total. The molecule has 0 unspecified atom stereocenters. The molecule has 1 rings (SSSR count). The summed E-state index contributed by atoms with van der Waals surface area (Å²) in [5, 5.41) is 3.95. The maximum absolute atomic E-state index is 4.42. The molecule has 0 radical (unpaired) electrons. The number of hydrogen-bond acceptors (Lipinski definition) is 2. The van der Waals surface area contributed by atoms with Gasteiger partial charge in [-0.2, -0.15) is 12.6 Å². The van der Waals surface area contributed by atoms with E-state index in [0.29, 0.717) is 5.25 Å². The van der Waals surface area contributed by atoms with Gasteiger partial charge in [-0.25, -0.2) is 0 Å². The van der Waals surface area contributed by atoms with Gasteiger partial charge in [0.2, 0.25) is 0 Å². The topological polar surface area (TPSA) is 12.0 Å². The Bertz CT molecular complexity index is 64.9. The standard InChI is InChI=1S/C6H13NS/c1-5-4-7-3-2-6(5)8/h5-8H,2-4H2,1H3/t5-,6-/m0/s1. The molecule has 0 aliphatic carbocycles. The van der Waals surface area contributed by atoms with Gasteiger partial charge in [-0.15, -0.1) is 0 Å². The molecule has 1 N–H and O–H groups in total. The Morgan fingerprint density at radius 3 is 2.75 bits per heavy atom. The monoisotopic (exact) mass is 131 g/mol. The average Bonchev–Trinajstić information content (AvgIpc) is 1.77. The van der Waals surface area contributed by atoms with Gasteiger partial charge in [0.25, 0.3) is 0 Å². The summed E-state index contributed by atoms with van der Waals surface area (Å²) < 4.78 is 0. The molecule has 1 aliphatic rings. The van der Waals surface area contributed by atoms with Crippen molar-refractivity contribution in [1.82, 2.24) is 5.32 Å². The first-order chi connectivity index (χ1) is 3.80. The highest BCUT2D eigenvalue weighted by molar-refractivity contribution is 7.81. The van der Waals surface area contributed by atoms with E-state index >= 15 is 0 Å². The van der Waals surface area contributed by atoms with E-state index in [-0.39, 0.29) is 0 Å². The third-order valence-corrected chi connectivity index (χ3v) is 2.51. The summed E-state index contributed by atoms with van der Waals surface area (Å²) in [5.74, 6) is 0.757. The van der Waals surface area contributed by atoms with E-state index in [2.05, 4.69) is 24.9 Å². The van der Waals surface area contributed by atoms with Crippen molar-refractivity contribution in [2.75, 3.05) is 13.1 Å². The van der Waals surface area contributed by atoms with Gasteiger partial charge in [-0.1, -0.05) is 6.92 Å². The van der Waals surface area contributed by atoms with Crippen LogP contribution in [-0.2, 0) is 0 Å². The van der Waals surface area contributed by atoms with E-state index in [1.165, 1.54) is 6.42 Å². The molecule has 0 aromatic rings. The second-order valence-electron chi connectivity index (χ2n) is 2.54. The molecular weight excluding hydrogens is 118 g/mol. The molecule has 1 saturated heterocycles. The molecule has 2 atom stereocenters. The van der Waals surface area contributed by atoms with Crippen LogP contribution in [0.1, 0.15) is 13.3 Å². The lowest BCUT2D eigenvalue weighted by atomic mass is 10.0. The lowest BCUT2D eigenvalue weighted by Crippen LogP contribution is -2.35. The minimum atomic E-state index is 0.635. The summed E-state index contributed by atoms with van der Waals surface area (Å²) in [6.45, 7) is 4.54. The number of rotatable bonds is 0. The van der Waals surface area contributed by atoms with E-state index in [1.807, 2.05) is 0 Å².